The van der Waals surface area contributed by atoms with E-state index in [0.717, 1.165) is 34.4 Å². The van der Waals surface area contributed by atoms with Crippen LogP contribution in [0.2, 0.25) is 0 Å². The van der Waals surface area contributed by atoms with Crippen molar-refractivity contribution in [1.82, 2.24) is 0 Å². The van der Waals surface area contributed by atoms with E-state index in [0.29, 0.717) is 5.56 Å². The molecule has 2 aromatic rings. The lowest BCUT2D eigenvalue weighted by Crippen LogP contribution is -2.35. The highest BCUT2D eigenvalue weighted by Crippen LogP contribution is 2.36. The van der Waals surface area contributed by atoms with Gasteiger partial charge in [0.25, 0.3) is 5.91 Å². The predicted molar refractivity (Wildman–Crippen MR) is 92.2 cm³/mol. The monoisotopic (exact) mass is 393 g/mol. The molecule has 1 heterocycles. The highest BCUT2D eigenvalue weighted by Gasteiger charge is 2.26. The van der Waals surface area contributed by atoms with E-state index in [1.54, 1.807) is 7.11 Å². The van der Waals surface area contributed by atoms with Crippen molar-refractivity contribution in [3.63, 3.8) is 0 Å². The van der Waals surface area contributed by atoms with Crippen LogP contribution >= 0.6 is 22.6 Å². The molecule has 4 heteroatoms. The lowest BCUT2D eigenvalue weighted by atomic mass is 10.00. The molecule has 0 atom stereocenters. The molecule has 0 aromatic heterocycles. The van der Waals surface area contributed by atoms with Crippen LogP contribution in [0, 0.1) is 3.57 Å². The minimum Gasteiger partial charge on any atom is -0.495 e. The standard InChI is InChI=1S/C17H16INO2/c1-21-15-6-2-4-12-5-3-11-19(16(12)15)17(20)13-7-9-14(18)10-8-13/h2,4,6-10H,3,5,11H2,1H3. The van der Waals surface area contributed by atoms with E-state index in [2.05, 4.69) is 28.7 Å². The number of para-hydroxylation sites is 1. The predicted octanol–water partition coefficient (Wildman–Crippen LogP) is 3.89. The molecule has 0 radical (unpaired) electrons. The van der Waals surface area contributed by atoms with Gasteiger partial charge in [-0.1, -0.05) is 12.1 Å². The van der Waals surface area contributed by atoms with E-state index >= 15 is 0 Å². The normalized spacial score (nSPS) is 13.7. The molecular formula is C17H16INO2. The minimum atomic E-state index is 0.0388. The van der Waals surface area contributed by atoms with E-state index in [-0.39, 0.29) is 5.91 Å². The molecule has 2 aromatic carbocycles. The molecule has 0 N–H and O–H groups in total. The van der Waals surface area contributed by atoms with Gasteiger partial charge >= 0.3 is 0 Å². The van der Waals surface area contributed by atoms with E-state index in [9.17, 15) is 4.79 Å². The van der Waals surface area contributed by atoms with Gasteiger partial charge < -0.3 is 9.64 Å². The number of ether oxygens (including phenoxy) is 1. The van der Waals surface area contributed by atoms with Crippen molar-refractivity contribution in [2.24, 2.45) is 0 Å². The fourth-order valence-electron chi connectivity index (χ4n) is 2.73. The summed E-state index contributed by atoms with van der Waals surface area (Å²) in [5.74, 6) is 0.808. The third kappa shape index (κ3) is 2.77. The summed E-state index contributed by atoms with van der Waals surface area (Å²) in [7, 11) is 1.65. The number of carbonyl (C=O) groups is 1. The highest BCUT2D eigenvalue weighted by atomic mass is 127. The summed E-state index contributed by atoms with van der Waals surface area (Å²) < 4.78 is 6.58. The molecule has 3 rings (SSSR count). The maximum absolute atomic E-state index is 12.8. The SMILES string of the molecule is COc1cccc2c1N(C(=O)c1ccc(I)cc1)CCC2. The first-order valence-electron chi connectivity index (χ1n) is 6.94. The number of benzene rings is 2. The van der Waals surface area contributed by atoms with Gasteiger partial charge in [-0.25, -0.2) is 0 Å². The van der Waals surface area contributed by atoms with Crippen LogP contribution in [-0.4, -0.2) is 19.6 Å². The molecule has 0 unspecified atom stereocenters. The molecular weight excluding hydrogens is 377 g/mol. The number of rotatable bonds is 2. The number of halogens is 1. The summed E-state index contributed by atoms with van der Waals surface area (Å²) in [6.07, 6.45) is 1.97. The summed E-state index contributed by atoms with van der Waals surface area (Å²) in [4.78, 5) is 14.7. The maximum atomic E-state index is 12.8. The van der Waals surface area contributed by atoms with Crippen molar-refractivity contribution in [3.05, 3.63) is 57.2 Å². The molecule has 1 amide bonds. The summed E-state index contributed by atoms with van der Waals surface area (Å²) in [6.45, 7) is 0.734. The van der Waals surface area contributed by atoms with E-state index in [1.165, 1.54) is 5.56 Å². The fourth-order valence-corrected chi connectivity index (χ4v) is 3.09. The Hall–Kier alpha value is -1.56. The van der Waals surface area contributed by atoms with Crippen LogP contribution in [0.15, 0.2) is 42.5 Å². The minimum absolute atomic E-state index is 0.0388. The second-order valence-corrected chi connectivity index (χ2v) is 6.28. The Bertz CT molecular complexity index is 653. The van der Waals surface area contributed by atoms with E-state index in [1.807, 2.05) is 41.3 Å². The maximum Gasteiger partial charge on any atom is 0.258 e. The van der Waals surface area contributed by atoms with Crippen molar-refractivity contribution >= 4 is 34.2 Å². The Labute approximate surface area is 138 Å². The number of nitrogens with zero attached hydrogens (tertiary/aromatic N) is 1. The number of methoxy groups -OCH3 is 1. The van der Waals surface area contributed by atoms with Crippen LogP contribution in [-0.2, 0) is 6.42 Å². The smallest absolute Gasteiger partial charge is 0.258 e. The fraction of sp³-hybridized carbons (Fsp3) is 0.235. The molecule has 108 valence electrons. The zero-order chi connectivity index (χ0) is 14.8. The van der Waals surface area contributed by atoms with Gasteiger partial charge in [0.2, 0.25) is 0 Å². The molecule has 1 aliphatic heterocycles. The Morgan fingerprint density at radius 2 is 1.95 bits per heavy atom. The van der Waals surface area contributed by atoms with Crippen LogP contribution in [0.25, 0.3) is 0 Å². The summed E-state index contributed by atoms with van der Waals surface area (Å²) in [5, 5.41) is 0. The van der Waals surface area contributed by atoms with Gasteiger partial charge in [0.05, 0.1) is 12.8 Å². The average Bonchev–Trinajstić information content (AvgIpc) is 2.53. The largest absolute Gasteiger partial charge is 0.495 e. The topological polar surface area (TPSA) is 29.5 Å². The number of hydrogen-bond donors (Lipinski definition) is 0. The van der Waals surface area contributed by atoms with E-state index in [4.69, 9.17) is 4.74 Å². The molecule has 1 aliphatic rings. The first kappa shape index (κ1) is 14.4. The third-order valence-corrected chi connectivity index (χ3v) is 4.46. The van der Waals surface area contributed by atoms with Gasteiger partial charge in [-0.2, -0.15) is 0 Å². The number of hydrogen-bond acceptors (Lipinski definition) is 2. The highest BCUT2D eigenvalue weighted by molar-refractivity contribution is 14.1. The first-order valence-corrected chi connectivity index (χ1v) is 8.02. The van der Waals surface area contributed by atoms with Gasteiger partial charge in [0, 0.05) is 15.7 Å². The van der Waals surface area contributed by atoms with Crippen LogP contribution in [0.5, 0.6) is 5.75 Å². The zero-order valence-electron chi connectivity index (χ0n) is 11.8. The number of anilines is 1. The number of amides is 1. The molecule has 0 saturated heterocycles. The van der Waals surface area contributed by atoms with Gasteiger partial charge in [0.15, 0.2) is 0 Å². The Morgan fingerprint density at radius 3 is 2.67 bits per heavy atom. The molecule has 21 heavy (non-hydrogen) atoms. The van der Waals surface area contributed by atoms with Crippen molar-refractivity contribution in [2.45, 2.75) is 12.8 Å². The quantitative estimate of drug-likeness (QED) is 0.725. The lowest BCUT2D eigenvalue weighted by Gasteiger charge is -2.31. The van der Waals surface area contributed by atoms with Gasteiger partial charge in [-0.3, -0.25) is 4.79 Å². The van der Waals surface area contributed by atoms with Crippen LogP contribution in [0.3, 0.4) is 0 Å². The summed E-state index contributed by atoms with van der Waals surface area (Å²) in [5.41, 5.74) is 2.82. The van der Waals surface area contributed by atoms with Gasteiger partial charge in [0.1, 0.15) is 5.75 Å². The van der Waals surface area contributed by atoms with Gasteiger partial charge in [-0.05, 0) is 71.3 Å². The Kier molecular flexibility index (Phi) is 4.14. The Morgan fingerprint density at radius 1 is 1.19 bits per heavy atom. The summed E-state index contributed by atoms with van der Waals surface area (Å²) in [6, 6.07) is 13.7. The second kappa shape index (κ2) is 6.05. The molecule has 3 nitrogen and oxygen atoms in total. The number of aryl methyl sites for hydroxylation is 1. The van der Waals surface area contributed by atoms with Gasteiger partial charge in [-0.15, -0.1) is 0 Å². The summed E-state index contributed by atoms with van der Waals surface area (Å²) >= 11 is 2.24. The molecule has 0 aliphatic carbocycles. The molecule has 0 spiro atoms. The Balaban J connectivity index is 2.01. The molecule has 0 saturated carbocycles. The second-order valence-electron chi connectivity index (χ2n) is 5.04. The van der Waals surface area contributed by atoms with Crippen LogP contribution < -0.4 is 9.64 Å². The average molecular weight is 393 g/mol. The van der Waals surface area contributed by atoms with Crippen molar-refractivity contribution in [3.8, 4) is 5.75 Å². The van der Waals surface area contributed by atoms with Crippen molar-refractivity contribution < 1.29 is 9.53 Å². The third-order valence-electron chi connectivity index (χ3n) is 3.74. The zero-order valence-corrected chi connectivity index (χ0v) is 14.0. The van der Waals surface area contributed by atoms with E-state index < -0.39 is 0 Å². The lowest BCUT2D eigenvalue weighted by molar-refractivity contribution is 0.0984. The number of carbonyl (C=O) groups excluding carboxylic acids is 1. The number of fused-ring (bicyclic) bond motifs is 1. The first-order chi connectivity index (χ1) is 10.2. The molecule has 0 bridgehead atoms. The van der Waals surface area contributed by atoms with Crippen LogP contribution in [0.4, 0.5) is 5.69 Å². The van der Waals surface area contributed by atoms with Crippen molar-refractivity contribution in [2.75, 3.05) is 18.6 Å². The van der Waals surface area contributed by atoms with Crippen LogP contribution in [0.1, 0.15) is 22.3 Å². The molecule has 0 fully saturated rings. The van der Waals surface area contributed by atoms with Crippen molar-refractivity contribution in [1.29, 1.82) is 0 Å².